The summed E-state index contributed by atoms with van der Waals surface area (Å²) in [6.07, 6.45) is 2.99. The molecule has 0 radical (unpaired) electrons. The number of halogens is 1. The van der Waals surface area contributed by atoms with Crippen molar-refractivity contribution in [1.82, 2.24) is 20.5 Å². The number of benzene rings is 1. The van der Waals surface area contributed by atoms with E-state index in [1.165, 1.54) is 12.1 Å². The Hall–Kier alpha value is -3.10. The monoisotopic (exact) mass is 371 g/mol. The first-order valence-electron chi connectivity index (χ1n) is 8.79. The third-order valence-corrected chi connectivity index (χ3v) is 4.89. The predicted octanol–water partition coefficient (Wildman–Crippen LogP) is 3.48. The van der Waals surface area contributed by atoms with E-state index in [2.05, 4.69) is 30.4 Å². The number of nitrogens with zero attached hydrogens (tertiary/aromatic N) is 4. The van der Waals surface area contributed by atoms with Crippen LogP contribution >= 0.6 is 0 Å². The van der Waals surface area contributed by atoms with E-state index >= 15 is 0 Å². The molecular formula is C18H18FN5O3. The Morgan fingerprint density at radius 3 is 2.52 bits per heavy atom. The van der Waals surface area contributed by atoms with Crippen molar-refractivity contribution in [3.05, 3.63) is 41.7 Å². The molecule has 0 bridgehead atoms. The summed E-state index contributed by atoms with van der Waals surface area (Å²) >= 11 is 0. The summed E-state index contributed by atoms with van der Waals surface area (Å²) in [5.74, 6) is 0.995. The van der Waals surface area contributed by atoms with Crippen molar-refractivity contribution in [3.63, 3.8) is 0 Å². The maximum Gasteiger partial charge on any atom is 0.230 e. The van der Waals surface area contributed by atoms with Crippen LogP contribution in [0.25, 0.3) is 11.4 Å². The molecule has 1 aliphatic carbocycles. The summed E-state index contributed by atoms with van der Waals surface area (Å²) in [5, 5.41) is 14.1. The Labute approximate surface area is 154 Å². The fourth-order valence-corrected chi connectivity index (χ4v) is 3.28. The third kappa shape index (κ3) is 3.71. The van der Waals surface area contributed by atoms with E-state index in [1.54, 1.807) is 19.1 Å². The van der Waals surface area contributed by atoms with Gasteiger partial charge in [-0.05, 0) is 62.0 Å². The van der Waals surface area contributed by atoms with Crippen LogP contribution in [0.3, 0.4) is 0 Å². The highest BCUT2D eigenvalue weighted by Gasteiger charge is 2.30. The van der Waals surface area contributed by atoms with Gasteiger partial charge in [-0.2, -0.15) is 4.98 Å². The summed E-state index contributed by atoms with van der Waals surface area (Å²) in [6, 6.07) is 5.96. The minimum absolute atomic E-state index is 0.0789. The molecule has 140 valence electrons. The van der Waals surface area contributed by atoms with Crippen LogP contribution in [0.2, 0.25) is 0 Å². The first kappa shape index (κ1) is 17.3. The Bertz CT molecular complexity index is 929. The van der Waals surface area contributed by atoms with E-state index in [0.717, 1.165) is 25.7 Å². The molecule has 1 aromatic carbocycles. The number of aryl methyl sites for hydroxylation is 1. The van der Waals surface area contributed by atoms with Gasteiger partial charge in [0.2, 0.25) is 17.6 Å². The Morgan fingerprint density at radius 1 is 1.11 bits per heavy atom. The molecule has 4 rings (SSSR count). The number of aromatic nitrogens is 4. The highest BCUT2D eigenvalue weighted by molar-refractivity contribution is 5.92. The summed E-state index contributed by atoms with van der Waals surface area (Å²) in [5.41, 5.74) is 1.26. The van der Waals surface area contributed by atoms with Crippen LogP contribution in [0.4, 0.5) is 10.2 Å². The van der Waals surface area contributed by atoms with Crippen LogP contribution in [-0.2, 0) is 4.79 Å². The molecule has 3 aromatic rings. The molecule has 0 saturated heterocycles. The van der Waals surface area contributed by atoms with Crippen LogP contribution in [-0.4, -0.2) is 26.4 Å². The number of rotatable bonds is 4. The SMILES string of the molecule is Cc1nonc1NC(=O)C1CCC(c2nc(-c3ccc(F)cc3)no2)CC1. The van der Waals surface area contributed by atoms with E-state index in [0.29, 0.717) is 28.8 Å². The summed E-state index contributed by atoms with van der Waals surface area (Å²) in [7, 11) is 0. The zero-order chi connectivity index (χ0) is 18.8. The average molecular weight is 371 g/mol. The molecule has 0 aliphatic heterocycles. The lowest BCUT2D eigenvalue weighted by molar-refractivity contribution is -0.120. The summed E-state index contributed by atoms with van der Waals surface area (Å²) in [4.78, 5) is 16.8. The quantitative estimate of drug-likeness (QED) is 0.748. The summed E-state index contributed by atoms with van der Waals surface area (Å²) < 4.78 is 23.0. The van der Waals surface area contributed by atoms with E-state index in [9.17, 15) is 9.18 Å². The van der Waals surface area contributed by atoms with Crippen molar-refractivity contribution in [2.24, 2.45) is 5.92 Å². The van der Waals surface area contributed by atoms with Crippen molar-refractivity contribution in [3.8, 4) is 11.4 Å². The number of anilines is 1. The highest BCUT2D eigenvalue weighted by atomic mass is 19.1. The van der Waals surface area contributed by atoms with Gasteiger partial charge >= 0.3 is 0 Å². The van der Waals surface area contributed by atoms with Crippen LogP contribution in [0.15, 0.2) is 33.4 Å². The van der Waals surface area contributed by atoms with Gasteiger partial charge in [-0.15, -0.1) is 0 Å². The number of hydrogen-bond donors (Lipinski definition) is 1. The van der Waals surface area contributed by atoms with Gasteiger partial charge in [0.25, 0.3) is 0 Å². The van der Waals surface area contributed by atoms with E-state index in [1.807, 2.05) is 0 Å². The molecule has 0 atom stereocenters. The Morgan fingerprint density at radius 2 is 1.85 bits per heavy atom. The minimum atomic E-state index is -0.310. The standard InChI is InChI=1S/C18H18FN5O3/c1-10-15(24-27-22-10)20-17(25)12-2-4-13(5-3-12)18-21-16(23-26-18)11-6-8-14(19)9-7-11/h6-9,12-13H,2-5H2,1H3,(H,20,24,25). The second kappa shape index (κ2) is 7.26. The number of hydrogen-bond acceptors (Lipinski definition) is 7. The fraction of sp³-hybridized carbons (Fsp3) is 0.389. The van der Waals surface area contributed by atoms with E-state index < -0.39 is 0 Å². The number of nitrogens with one attached hydrogen (secondary N) is 1. The molecule has 27 heavy (non-hydrogen) atoms. The van der Waals surface area contributed by atoms with Gasteiger partial charge in [-0.25, -0.2) is 9.02 Å². The van der Waals surface area contributed by atoms with Gasteiger partial charge in [0.1, 0.15) is 11.5 Å². The molecule has 8 nitrogen and oxygen atoms in total. The van der Waals surface area contributed by atoms with Gasteiger partial charge in [-0.3, -0.25) is 4.79 Å². The van der Waals surface area contributed by atoms with Crippen LogP contribution < -0.4 is 5.32 Å². The number of amides is 1. The van der Waals surface area contributed by atoms with Gasteiger partial charge < -0.3 is 9.84 Å². The first-order chi connectivity index (χ1) is 13.1. The second-order valence-corrected chi connectivity index (χ2v) is 6.70. The maximum absolute atomic E-state index is 13.0. The summed E-state index contributed by atoms with van der Waals surface area (Å²) in [6.45, 7) is 1.72. The zero-order valence-corrected chi connectivity index (χ0v) is 14.7. The zero-order valence-electron chi connectivity index (χ0n) is 14.7. The maximum atomic E-state index is 13.0. The number of carbonyl (C=O) groups is 1. The first-order valence-corrected chi connectivity index (χ1v) is 8.79. The topological polar surface area (TPSA) is 107 Å². The van der Waals surface area contributed by atoms with Crippen LogP contribution in [0, 0.1) is 18.7 Å². The van der Waals surface area contributed by atoms with Crippen molar-refractivity contribution in [2.75, 3.05) is 5.32 Å². The van der Waals surface area contributed by atoms with Crippen LogP contribution in [0.5, 0.6) is 0 Å². The Kier molecular flexibility index (Phi) is 4.66. The molecule has 2 aromatic heterocycles. The molecule has 9 heteroatoms. The van der Waals surface area contributed by atoms with E-state index in [4.69, 9.17) is 4.52 Å². The highest BCUT2D eigenvalue weighted by Crippen LogP contribution is 2.36. The van der Waals surface area contributed by atoms with Crippen molar-refractivity contribution < 1.29 is 18.3 Å². The molecule has 2 heterocycles. The Balaban J connectivity index is 1.36. The lowest BCUT2D eigenvalue weighted by atomic mass is 9.81. The van der Waals surface area contributed by atoms with Gasteiger partial charge in [0, 0.05) is 17.4 Å². The molecule has 1 fully saturated rings. The molecule has 0 spiro atoms. The van der Waals surface area contributed by atoms with Gasteiger partial charge in [0.15, 0.2) is 5.82 Å². The molecule has 1 amide bonds. The lowest BCUT2D eigenvalue weighted by Gasteiger charge is -2.25. The normalized spacial score (nSPS) is 19.8. The predicted molar refractivity (Wildman–Crippen MR) is 92.1 cm³/mol. The average Bonchev–Trinajstić information content (AvgIpc) is 3.32. The van der Waals surface area contributed by atoms with Gasteiger partial charge in [0.05, 0.1) is 0 Å². The van der Waals surface area contributed by atoms with Crippen molar-refractivity contribution in [1.29, 1.82) is 0 Å². The van der Waals surface area contributed by atoms with Crippen molar-refractivity contribution >= 4 is 11.7 Å². The molecule has 1 saturated carbocycles. The third-order valence-electron chi connectivity index (χ3n) is 4.89. The van der Waals surface area contributed by atoms with E-state index in [-0.39, 0.29) is 23.6 Å². The largest absolute Gasteiger partial charge is 0.339 e. The molecule has 0 unspecified atom stereocenters. The number of carbonyl (C=O) groups excluding carboxylic acids is 1. The van der Waals surface area contributed by atoms with Crippen molar-refractivity contribution in [2.45, 2.75) is 38.5 Å². The lowest BCUT2D eigenvalue weighted by Crippen LogP contribution is -2.27. The van der Waals surface area contributed by atoms with Gasteiger partial charge in [-0.1, -0.05) is 10.3 Å². The molecule has 1 aliphatic rings. The van der Waals surface area contributed by atoms with Crippen LogP contribution in [0.1, 0.15) is 43.2 Å². The molecule has 1 N–H and O–H groups in total. The minimum Gasteiger partial charge on any atom is -0.339 e. The fourth-order valence-electron chi connectivity index (χ4n) is 3.28. The molecular weight excluding hydrogens is 353 g/mol. The smallest absolute Gasteiger partial charge is 0.230 e. The second-order valence-electron chi connectivity index (χ2n) is 6.70.